The van der Waals surface area contributed by atoms with E-state index in [9.17, 15) is 19.1 Å². The number of carbonyl (C=O) groups is 2. The van der Waals surface area contributed by atoms with Crippen LogP contribution in [0.3, 0.4) is 0 Å². The summed E-state index contributed by atoms with van der Waals surface area (Å²) in [6.45, 7) is -0.314. The molecular weight excluding hydrogens is 505 g/mol. The van der Waals surface area contributed by atoms with Crippen LogP contribution in [-0.2, 0) is 4.79 Å². The third kappa shape index (κ3) is 4.96. The number of aromatic nitrogens is 1. The molecule has 3 aliphatic carbocycles. The molecule has 3 aromatic rings. The second kappa shape index (κ2) is 9.80. The number of aliphatic hydroxyl groups is 1. The molecule has 1 atom stereocenters. The Morgan fingerprint density at radius 2 is 1.89 bits per heavy atom. The van der Waals surface area contributed by atoms with Gasteiger partial charge in [-0.05, 0) is 49.8 Å². The van der Waals surface area contributed by atoms with Crippen molar-refractivity contribution in [1.29, 1.82) is 0 Å². The molecule has 0 aliphatic heterocycles. The summed E-state index contributed by atoms with van der Waals surface area (Å²) in [6, 6.07) is 13.7. The van der Waals surface area contributed by atoms with Crippen molar-refractivity contribution in [3.63, 3.8) is 0 Å². The highest BCUT2D eigenvalue weighted by Crippen LogP contribution is 2.47. The highest BCUT2D eigenvalue weighted by Gasteiger charge is 2.55. The third-order valence-electron chi connectivity index (χ3n) is 7.11. The summed E-state index contributed by atoms with van der Waals surface area (Å²) < 4.78 is 19.0. The van der Waals surface area contributed by atoms with E-state index < -0.39 is 28.9 Å². The van der Waals surface area contributed by atoms with E-state index in [1.807, 2.05) is 30.3 Å². The van der Waals surface area contributed by atoms with Gasteiger partial charge in [-0.1, -0.05) is 41.9 Å². The summed E-state index contributed by atoms with van der Waals surface area (Å²) in [6.07, 6.45) is 3.48. The number of ether oxygens (including phenoxy) is 1. The fourth-order valence-electron chi connectivity index (χ4n) is 5.10. The van der Waals surface area contributed by atoms with Crippen molar-refractivity contribution < 1.29 is 23.8 Å². The van der Waals surface area contributed by atoms with Crippen LogP contribution in [-0.4, -0.2) is 45.7 Å². The van der Waals surface area contributed by atoms with Crippen LogP contribution in [0.5, 0.6) is 5.75 Å². The number of thiazole rings is 1. The Balaban J connectivity index is 1.18. The molecule has 3 saturated carbocycles. The van der Waals surface area contributed by atoms with Crippen LogP contribution in [0.15, 0.2) is 54.7 Å². The number of aliphatic hydroxyl groups excluding tert-OH is 1. The lowest BCUT2D eigenvalue weighted by Gasteiger charge is -2.56. The number of hydrogen-bond donors (Lipinski definition) is 3. The Kier molecular flexibility index (Phi) is 6.72. The van der Waals surface area contributed by atoms with Crippen molar-refractivity contribution in [3.05, 3.63) is 70.6 Å². The maximum Gasteiger partial charge on any atom is 0.280 e. The number of halogens is 2. The second-order valence-electron chi connectivity index (χ2n) is 9.42. The minimum Gasteiger partial charge on any atom is -0.484 e. The van der Waals surface area contributed by atoms with Gasteiger partial charge in [-0.3, -0.25) is 9.59 Å². The Morgan fingerprint density at radius 3 is 2.58 bits per heavy atom. The smallest absolute Gasteiger partial charge is 0.280 e. The molecule has 2 amide bonds. The molecule has 188 valence electrons. The van der Waals surface area contributed by atoms with Gasteiger partial charge in [0.15, 0.2) is 11.6 Å². The molecule has 3 N–H and O–H groups in total. The lowest BCUT2D eigenvalue weighted by atomic mass is 9.60. The fourth-order valence-corrected chi connectivity index (χ4v) is 6.03. The molecule has 3 fully saturated rings. The average Bonchev–Trinajstić information content (AvgIpc) is 3.37. The molecule has 0 spiro atoms. The summed E-state index contributed by atoms with van der Waals surface area (Å²) in [7, 11) is 0. The largest absolute Gasteiger partial charge is 0.484 e. The molecule has 0 saturated heterocycles. The fraction of sp³-hybridized carbons (Fsp3) is 0.346. The molecule has 1 unspecified atom stereocenters. The molecule has 6 rings (SSSR count). The Morgan fingerprint density at radius 1 is 1.14 bits per heavy atom. The molecule has 7 nitrogen and oxygen atoms in total. The van der Waals surface area contributed by atoms with Gasteiger partial charge < -0.3 is 20.5 Å². The van der Waals surface area contributed by atoms with Crippen molar-refractivity contribution in [2.24, 2.45) is 0 Å². The van der Waals surface area contributed by atoms with E-state index in [1.165, 1.54) is 23.5 Å². The summed E-state index contributed by atoms with van der Waals surface area (Å²) in [5.41, 5.74) is -0.317. The quantitative estimate of drug-likeness (QED) is 0.422. The van der Waals surface area contributed by atoms with Crippen molar-refractivity contribution in [1.82, 2.24) is 15.6 Å². The maximum absolute atomic E-state index is 13.6. The first-order valence-electron chi connectivity index (χ1n) is 11.7. The summed E-state index contributed by atoms with van der Waals surface area (Å²) in [5.74, 6) is -1.09. The first-order chi connectivity index (χ1) is 17.3. The lowest BCUT2D eigenvalue weighted by molar-refractivity contribution is -0.132. The molecule has 10 heteroatoms. The second-order valence-corrected chi connectivity index (χ2v) is 10.9. The number of nitrogens with one attached hydrogen (secondary N) is 2. The monoisotopic (exact) mass is 529 g/mol. The summed E-state index contributed by atoms with van der Waals surface area (Å²) in [4.78, 5) is 30.8. The van der Waals surface area contributed by atoms with E-state index in [2.05, 4.69) is 15.6 Å². The molecule has 2 bridgehead atoms. The standard InChI is InChI=1S/C26H25ClFN3O4S/c27-18-7-6-17(12-19(18)28)35-15-22(33)30-26-10-8-25(9-11-26,13-21(26)32)31-23(34)24-29-14-20(36-24)16-4-2-1-3-5-16/h1-7,12,14,21,32H,8-11,13,15H2,(H,30,33)(H,31,34). The van der Waals surface area contributed by atoms with Crippen LogP contribution in [0.2, 0.25) is 5.02 Å². The average molecular weight is 530 g/mol. The lowest BCUT2D eigenvalue weighted by Crippen LogP contribution is -2.70. The Labute approximate surface area is 216 Å². The normalized spacial score (nSPS) is 24.8. The summed E-state index contributed by atoms with van der Waals surface area (Å²) >= 11 is 7.00. The predicted octanol–water partition coefficient (Wildman–Crippen LogP) is 4.34. The molecule has 0 radical (unpaired) electrons. The maximum atomic E-state index is 13.6. The number of benzene rings is 2. The number of nitrogens with zero attached hydrogens (tertiary/aromatic N) is 1. The van der Waals surface area contributed by atoms with Gasteiger partial charge in [0.2, 0.25) is 0 Å². The number of carbonyl (C=O) groups excluding carboxylic acids is 2. The van der Waals surface area contributed by atoms with Crippen LogP contribution < -0.4 is 15.4 Å². The number of rotatable bonds is 7. The van der Waals surface area contributed by atoms with E-state index in [4.69, 9.17) is 16.3 Å². The van der Waals surface area contributed by atoms with Gasteiger partial charge in [-0.15, -0.1) is 11.3 Å². The first kappa shape index (κ1) is 24.7. The van der Waals surface area contributed by atoms with Gasteiger partial charge in [0.1, 0.15) is 11.6 Å². The highest BCUT2D eigenvalue weighted by molar-refractivity contribution is 7.17. The molecule has 2 aromatic carbocycles. The molecule has 3 aliphatic rings. The van der Waals surface area contributed by atoms with Crippen LogP contribution in [0.1, 0.15) is 41.9 Å². The van der Waals surface area contributed by atoms with Gasteiger partial charge in [0.25, 0.3) is 11.8 Å². The van der Waals surface area contributed by atoms with Crippen molar-refractivity contribution in [2.45, 2.75) is 49.3 Å². The van der Waals surface area contributed by atoms with Gasteiger partial charge in [-0.2, -0.15) is 0 Å². The Bertz CT molecular complexity index is 1280. The van der Waals surface area contributed by atoms with Gasteiger partial charge in [0.05, 0.1) is 21.5 Å². The number of fused-ring (bicyclic) bond motifs is 3. The van der Waals surface area contributed by atoms with Crippen LogP contribution in [0.4, 0.5) is 4.39 Å². The van der Waals surface area contributed by atoms with Crippen molar-refractivity contribution in [3.8, 4) is 16.2 Å². The van der Waals surface area contributed by atoms with Crippen LogP contribution in [0.25, 0.3) is 10.4 Å². The van der Waals surface area contributed by atoms with Crippen molar-refractivity contribution in [2.75, 3.05) is 6.61 Å². The minimum atomic E-state index is -0.826. The van der Waals surface area contributed by atoms with Gasteiger partial charge in [-0.25, -0.2) is 9.37 Å². The topological polar surface area (TPSA) is 101 Å². The SMILES string of the molecule is O=C(COc1ccc(Cl)c(F)c1)NC12CCC(NC(=O)c3ncc(-c4ccccc4)s3)(CC1)CC2O. The van der Waals surface area contributed by atoms with Crippen molar-refractivity contribution >= 4 is 34.8 Å². The zero-order chi connectivity index (χ0) is 25.3. The van der Waals surface area contributed by atoms with E-state index in [0.29, 0.717) is 37.1 Å². The zero-order valence-electron chi connectivity index (χ0n) is 19.3. The molecular formula is C26H25ClFN3O4S. The minimum absolute atomic E-state index is 0.0275. The number of hydrogen-bond acceptors (Lipinski definition) is 6. The third-order valence-corrected chi connectivity index (χ3v) is 8.46. The zero-order valence-corrected chi connectivity index (χ0v) is 20.9. The van der Waals surface area contributed by atoms with Gasteiger partial charge >= 0.3 is 0 Å². The summed E-state index contributed by atoms with van der Waals surface area (Å²) in [5, 5.41) is 17.4. The number of amides is 2. The molecule has 36 heavy (non-hydrogen) atoms. The predicted molar refractivity (Wildman–Crippen MR) is 135 cm³/mol. The molecule has 1 aromatic heterocycles. The van der Waals surface area contributed by atoms with Crippen LogP contribution in [0, 0.1) is 5.82 Å². The van der Waals surface area contributed by atoms with E-state index in [1.54, 1.807) is 6.20 Å². The van der Waals surface area contributed by atoms with E-state index in [-0.39, 0.29) is 23.3 Å². The Hall–Kier alpha value is -3.01. The molecule has 1 heterocycles. The highest BCUT2D eigenvalue weighted by atomic mass is 35.5. The van der Waals surface area contributed by atoms with E-state index in [0.717, 1.165) is 16.5 Å². The van der Waals surface area contributed by atoms with E-state index >= 15 is 0 Å². The first-order valence-corrected chi connectivity index (χ1v) is 12.9. The van der Waals surface area contributed by atoms with Gasteiger partial charge in [0, 0.05) is 17.8 Å². The van der Waals surface area contributed by atoms with Crippen LogP contribution >= 0.6 is 22.9 Å².